The molecule has 0 bridgehead atoms. The Labute approximate surface area is 128 Å². The lowest BCUT2D eigenvalue weighted by Crippen LogP contribution is -2.13. The van der Waals surface area contributed by atoms with E-state index in [0.717, 1.165) is 12.1 Å². The fourth-order valence-corrected chi connectivity index (χ4v) is 1.81. The van der Waals surface area contributed by atoms with Gasteiger partial charge in [0.15, 0.2) is 0 Å². The molecule has 1 aromatic carbocycles. The molecule has 0 unspecified atom stereocenters. The van der Waals surface area contributed by atoms with Crippen LogP contribution in [0.3, 0.4) is 0 Å². The smallest absolute Gasteiger partial charge is 0.388 e. The van der Waals surface area contributed by atoms with Crippen molar-refractivity contribution in [2.45, 2.75) is 6.18 Å². The Morgan fingerprint density at radius 1 is 1.29 bits per heavy atom. The molecule has 0 aliphatic carbocycles. The van der Waals surface area contributed by atoms with Crippen molar-refractivity contribution >= 4 is 40.4 Å². The third-order valence-corrected chi connectivity index (χ3v) is 2.97. The molecule has 0 fully saturated rings. The van der Waals surface area contributed by atoms with Gasteiger partial charge < -0.3 is 11.1 Å². The molecule has 110 valence electrons. The topological polar surface area (TPSA) is 63.8 Å². The molecule has 4 nitrogen and oxygen atoms in total. The number of anilines is 2. The number of nitrogens with one attached hydrogen (secondary N) is 1. The molecule has 0 atom stereocenters. The monoisotopic (exact) mass is 332 g/mol. The van der Waals surface area contributed by atoms with Gasteiger partial charge in [-0.1, -0.05) is 23.8 Å². The van der Waals surface area contributed by atoms with Crippen LogP contribution in [0.5, 0.6) is 0 Å². The van der Waals surface area contributed by atoms with Crippen molar-refractivity contribution in [1.29, 1.82) is 0 Å². The minimum absolute atomic E-state index is 0.0824. The summed E-state index contributed by atoms with van der Waals surface area (Å²) >= 11 is 10.6. The summed E-state index contributed by atoms with van der Waals surface area (Å²) in [4.78, 5) is 8.00. The van der Waals surface area contributed by atoms with E-state index >= 15 is 0 Å². The zero-order valence-electron chi connectivity index (χ0n) is 10.3. The molecule has 0 spiro atoms. The van der Waals surface area contributed by atoms with Crippen LogP contribution in [0.2, 0.25) is 5.02 Å². The van der Waals surface area contributed by atoms with Crippen LogP contribution < -0.4 is 11.1 Å². The number of thiocarbonyl (C=S) groups is 1. The van der Waals surface area contributed by atoms with Crippen LogP contribution in [0.4, 0.5) is 24.8 Å². The second kappa shape index (κ2) is 5.82. The van der Waals surface area contributed by atoms with E-state index in [1.165, 1.54) is 18.3 Å². The van der Waals surface area contributed by atoms with Crippen molar-refractivity contribution < 1.29 is 13.2 Å². The van der Waals surface area contributed by atoms with Crippen molar-refractivity contribution in [3.63, 3.8) is 0 Å². The molecule has 0 saturated carbocycles. The zero-order chi connectivity index (χ0) is 15.6. The molecule has 0 saturated heterocycles. The van der Waals surface area contributed by atoms with Crippen LogP contribution in [0.25, 0.3) is 0 Å². The van der Waals surface area contributed by atoms with Crippen LogP contribution in [-0.4, -0.2) is 15.0 Å². The highest BCUT2D eigenvalue weighted by Crippen LogP contribution is 2.34. The summed E-state index contributed by atoms with van der Waals surface area (Å²) in [5.41, 5.74) is 5.18. The largest absolute Gasteiger partial charge is 0.416 e. The summed E-state index contributed by atoms with van der Waals surface area (Å²) < 4.78 is 37.6. The molecule has 0 amide bonds. The second-order valence-electron chi connectivity index (χ2n) is 3.95. The molecular weight excluding hydrogens is 325 g/mol. The fraction of sp³-hybridized carbons (Fsp3) is 0.0833. The highest BCUT2D eigenvalue weighted by atomic mass is 35.5. The summed E-state index contributed by atoms with van der Waals surface area (Å²) in [6.07, 6.45) is -3.04. The van der Waals surface area contributed by atoms with Gasteiger partial charge in [-0.25, -0.2) is 9.97 Å². The number of halogens is 4. The van der Waals surface area contributed by atoms with Crippen LogP contribution in [0.15, 0.2) is 30.5 Å². The predicted molar refractivity (Wildman–Crippen MR) is 77.7 cm³/mol. The molecule has 9 heteroatoms. The summed E-state index contributed by atoms with van der Waals surface area (Å²) in [6, 6.07) is 4.44. The minimum Gasteiger partial charge on any atom is -0.388 e. The van der Waals surface area contributed by atoms with Gasteiger partial charge >= 0.3 is 6.18 Å². The van der Waals surface area contributed by atoms with E-state index in [9.17, 15) is 13.2 Å². The van der Waals surface area contributed by atoms with Gasteiger partial charge in [-0.15, -0.1) is 0 Å². The first-order valence-corrected chi connectivity index (χ1v) is 6.32. The lowest BCUT2D eigenvalue weighted by Gasteiger charge is -2.11. The number of aromatic nitrogens is 2. The standard InChI is InChI=1S/C12H8ClF3N4S/c13-7-5-6(12(14,15)16)1-2-8(7)19-11-18-4-3-9(20-11)10(17)21/h1-5H,(H2,17,21)(H,18,19,20). The second-order valence-corrected chi connectivity index (χ2v) is 4.79. The number of nitrogens with two attached hydrogens (primary N) is 1. The van der Waals surface area contributed by atoms with Crippen LogP contribution in [0.1, 0.15) is 11.3 Å². The molecule has 0 radical (unpaired) electrons. The molecule has 0 aliphatic rings. The third-order valence-electron chi connectivity index (χ3n) is 2.45. The Hall–Kier alpha value is -1.93. The van der Waals surface area contributed by atoms with Crippen molar-refractivity contribution in [1.82, 2.24) is 9.97 Å². The highest BCUT2D eigenvalue weighted by Gasteiger charge is 2.30. The molecule has 2 aromatic rings. The van der Waals surface area contributed by atoms with Gasteiger partial charge in [0.1, 0.15) is 10.7 Å². The van der Waals surface area contributed by atoms with E-state index in [4.69, 9.17) is 29.6 Å². The highest BCUT2D eigenvalue weighted by molar-refractivity contribution is 7.80. The van der Waals surface area contributed by atoms with E-state index in [0.29, 0.717) is 5.69 Å². The number of nitrogens with zero attached hydrogens (tertiary/aromatic N) is 2. The number of hydrogen-bond donors (Lipinski definition) is 2. The fourth-order valence-electron chi connectivity index (χ4n) is 1.47. The molecule has 1 aromatic heterocycles. The van der Waals surface area contributed by atoms with Crippen LogP contribution in [-0.2, 0) is 6.18 Å². The maximum Gasteiger partial charge on any atom is 0.416 e. The van der Waals surface area contributed by atoms with Crippen molar-refractivity contribution in [2.75, 3.05) is 5.32 Å². The average molecular weight is 333 g/mol. The number of rotatable bonds is 3. The van der Waals surface area contributed by atoms with Crippen molar-refractivity contribution in [3.8, 4) is 0 Å². The van der Waals surface area contributed by atoms with E-state index in [2.05, 4.69) is 15.3 Å². The van der Waals surface area contributed by atoms with Gasteiger partial charge in [0, 0.05) is 6.20 Å². The first-order valence-electron chi connectivity index (χ1n) is 5.54. The van der Waals surface area contributed by atoms with Gasteiger partial charge in [0.2, 0.25) is 5.95 Å². The van der Waals surface area contributed by atoms with Crippen LogP contribution in [0, 0.1) is 0 Å². The van der Waals surface area contributed by atoms with Gasteiger partial charge in [0.05, 0.1) is 16.3 Å². The summed E-state index contributed by atoms with van der Waals surface area (Å²) in [5.74, 6) is 0.127. The molecule has 0 aliphatic heterocycles. The summed E-state index contributed by atoms with van der Waals surface area (Å²) in [6.45, 7) is 0. The molecule has 2 rings (SSSR count). The summed E-state index contributed by atoms with van der Waals surface area (Å²) in [7, 11) is 0. The Kier molecular flexibility index (Phi) is 4.29. The first kappa shape index (κ1) is 15.5. The van der Waals surface area contributed by atoms with E-state index in [-0.39, 0.29) is 21.6 Å². The van der Waals surface area contributed by atoms with Crippen molar-refractivity contribution in [2.24, 2.45) is 5.73 Å². The van der Waals surface area contributed by atoms with E-state index < -0.39 is 11.7 Å². The van der Waals surface area contributed by atoms with Crippen molar-refractivity contribution in [3.05, 3.63) is 46.7 Å². The Morgan fingerprint density at radius 3 is 2.57 bits per heavy atom. The maximum absolute atomic E-state index is 12.5. The normalized spacial score (nSPS) is 11.2. The Morgan fingerprint density at radius 2 is 2.00 bits per heavy atom. The molecule has 1 heterocycles. The molecule has 3 N–H and O–H groups in total. The van der Waals surface area contributed by atoms with Crippen LogP contribution >= 0.6 is 23.8 Å². The first-order chi connectivity index (χ1) is 9.77. The Bertz CT molecular complexity index is 690. The lowest BCUT2D eigenvalue weighted by molar-refractivity contribution is -0.137. The van der Waals surface area contributed by atoms with E-state index in [1.54, 1.807) is 0 Å². The third kappa shape index (κ3) is 3.79. The Balaban J connectivity index is 2.28. The minimum atomic E-state index is -4.45. The summed E-state index contributed by atoms with van der Waals surface area (Å²) in [5, 5.41) is 2.61. The predicted octanol–water partition coefficient (Wildman–Crippen LogP) is 3.53. The number of hydrogen-bond acceptors (Lipinski definition) is 4. The SMILES string of the molecule is NC(=S)c1ccnc(Nc2ccc(C(F)(F)F)cc2Cl)n1. The average Bonchev–Trinajstić information content (AvgIpc) is 2.40. The maximum atomic E-state index is 12.5. The molecular formula is C12H8ClF3N4S. The van der Waals surface area contributed by atoms with Gasteiger partial charge in [-0.2, -0.15) is 13.2 Å². The number of alkyl halides is 3. The van der Waals surface area contributed by atoms with E-state index in [1.807, 2.05) is 0 Å². The number of benzene rings is 1. The van der Waals surface area contributed by atoms with Gasteiger partial charge in [-0.05, 0) is 24.3 Å². The lowest BCUT2D eigenvalue weighted by atomic mass is 10.2. The zero-order valence-corrected chi connectivity index (χ0v) is 11.9. The quantitative estimate of drug-likeness (QED) is 0.842. The van der Waals surface area contributed by atoms with Gasteiger partial charge in [-0.3, -0.25) is 0 Å². The molecule has 21 heavy (non-hydrogen) atoms. The van der Waals surface area contributed by atoms with Gasteiger partial charge in [0.25, 0.3) is 0 Å².